The lowest BCUT2D eigenvalue weighted by atomic mass is 9.86. The van der Waals surface area contributed by atoms with Gasteiger partial charge in [-0.2, -0.15) is 0 Å². The van der Waals surface area contributed by atoms with Gasteiger partial charge in [0.2, 0.25) is 5.78 Å². The first-order valence-electron chi connectivity index (χ1n) is 5.14. The molecule has 0 aromatic rings. The van der Waals surface area contributed by atoms with Crippen LogP contribution in [0.15, 0.2) is 23.3 Å². The maximum atomic E-state index is 11.8. The Bertz CT molecular complexity index is 402. The van der Waals surface area contributed by atoms with E-state index in [2.05, 4.69) is 11.8 Å². The Hall–Kier alpha value is -1.04. The van der Waals surface area contributed by atoms with Crippen LogP contribution in [-0.4, -0.2) is 16.5 Å². The number of halogens is 1. The molecule has 0 aromatic carbocycles. The molecule has 0 bridgehead atoms. The largest absolute Gasteiger partial charge is 0.378 e. The van der Waals surface area contributed by atoms with E-state index in [1.807, 2.05) is 13.0 Å². The number of carbonyl (C=O) groups excluding carboxylic acids is 1. The number of allylic oxidation sites excluding steroid dienone is 4. The minimum absolute atomic E-state index is 0.0427. The second-order valence-electron chi connectivity index (χ2n) is 4.47. The zero-order valence-electron chi connectivity index (χ0n) is 9.62. The number of rotatable bonds is 1. The van der Waals surface area contributed by atoms with E-state index in [1.54, 1.807) is 26.0 Å². The van der Waals surface area contributed by atoms with Crippen molar-refractivity contribution in [3.8, 4) is 11.8 Å². The first kappa shape index (κ1) is 13.0. The molecule has 16 heavy (non-hydrogen) atoms. The summed E-state index contributed by atoms with van der Waals surface area (Å²) in [4.78, 5) is 11.8. The smallest absolute Gasteiger partial charge is 0.212 e. The van der Waals surface area contributed by atoms with Gasteiger partial charge in [-0.25, -0.2) is 0 Å². The lowest BCUT2D eigenvalue weighted by molar-refractivity contribution is -0.116. The first-order chi connectivity index (χ1) is 7.29. The minimum Gasteiger partial charge on any atom is -0.378 e. The third-order valence-corrected chi connectivity index (χ3v) is 2.50. The maximum Gasteiger partial charge on any atom is 0.212 e. The van der Waals surface area contributed by atoms with Gasteiger partial charge in [0.05, 0.1) is 5.92 Å². The summed E-state index contributed by atoms with van der Waals surface area (Å²) in [7, 11) is 0. The molecule has 0 spiro atoms. The van der Waals surface area contributed by atoms with Gasteiger partial charge < -0.3 is 5.11 Å². The monoisotopic (exact) mass is 238 g/mol. The molecule has 0 saturated carbocycles. The average molecular weight is 239 g/mol. The Balaban J connectivity index is 2.77. The fraction of sp³-hybridized carbons (Fsp3) is 0.462. The summed E-state index contributed by atoms with van der Waals surface area (Å²) >= 11 is 5.82. The predicted molar refractivity (Wildman–Crippen MR) is 64.8 cm³/mol. The molecular weight excluding hydrogens is 224 g/mol. The van der Waals surface area contributed by atoms with Crippen LogP contribution < -0.4 is 0 Å². The predicted octanol–water partition coefficient (Wildman–Crippen LogP) is 2.27. The molecule has 3 heteroatoms. The van der Waals surface area contributed by atoms with E-state index in [-0.39, 0.29) is 17.6 Å². The molecule has 86 valence electrons. The van der Waals surface area contributed by atoms with E-state index in [9.17, 15) is 9.90 Å². The van der Waals surface area contributed by atoms with Gasteiger partial charge in [-0.15, -0.1) is 0 Å². The number of ketones is 1. The van der Waals surface area contributed by atoms with Crippen molar-refractivity contribution in [1.29, 1.82) is 0 Å². The Kier molecular flexibility index (Phi) is 3.96. The quantitative estimate of drug-likeness (QED) is 0.562. The number of aliphatic hydroxyl groups is 1. The highest BCUT2D eigenvalue weighted by Gasteiger charge is 2.22. The Morgan fingerprint density at radius 1 is 1.56 bits per heavy atom. The van der Waals surface area contributed by atoms with Gasteiger partial charge in [-0.3, -0.25) is 4.79 Å². The van der Waals surface area contributed by atoms with Crippen LogP contribution in [-0.2, 0) is 4.79 Å². The van der Waals surface area contributed by atoms with E-state index < -0.39 is 5.60 Å². The number of hydrogen-bond acceptors (Lipinski definition) is 2. The standard InChI is InChI=1S/C13H15ClO2/c1-9-8-10(14)4-5-11(9)12(15)6-7-13(2,3)16/h4-5,8-9,11,16H,1-3H3. The van der Waals surface area contributed by atoms with Crippen molar-refractivity contribution in [3.05, 3.63) is 23.3 Å². The minimum atomic E-state index is -1.13. The summed E-state index contributed by atoms with van der Waals surface area (Å²) in [6, 6.07) is 0. The van der Waals surface area contributed by atoms with Gasteiger partial charge in [-0.1, -0.05) is 36.6 Å². The summed E-state index contributed by atoms with van der Waals surface area (Å²) in [6.45, 7) is 5.01. The second kappa shape index (κ2) is 4.86. The van der Waals surface area contributed by atoms with E-state index in [0.717, 1.165) is 0 Å². The van der Waals surface area contributed by atoms with Gasteiger partial charge in [0.15, 0.2) is 0 Å². The van der Waals surface area contributed by atoms with Crippen molar-refractivity contribution in [3.63, 3.8) is 0 Å². The lowest BCUT2D eigenvalue weighted by Crippen LogP contribution is -2.21. The molecule has 0 saturated heterocycles. The first-order valence-corrected chi connectivity index (χ1v) is 5.52. The van der Waals surface area contributed by atoms with E-state index in [4.69, 9.17) is 11.6 Å². The van der Waals surface area contributed by atoms with Crippen molar-refractivity contribution in [2.24, 2.45) is 11.8 Å². The van der Waals surface area contributed by atoms with Crippen LogP contribution in [0.1, 0.15) is 20.8 Å². The molecule has 0 amide bonds. The molecule has 1 aliphatic rings. The summed E-state index contributed by atoms with van der Waals surface area (Å²) in [5.41, 5.74) is -1.13. The van der Waals surface area contributed by atoms with E-state index >= 15 is 0 Å². The van der Waals surface area contributed by atoms with E-state index in [0.29, 0.717) is 5.03 Å². The van der Waals surface area contributed by atoms with Crippen LogP contribution in [0.2, 0.25) is 0 Å². The zero-order valence-corrected chi connectivity index (χ0v) is 10.4. The van der Waals surface area contributed by atoms with Crippen molar-refractivity contribution in [1.82, 2.24) is 0 Å². The molecule has 1 rings (SSSR count). The van der Waals surface area contributed by atoms with Crippen molar-refractivity contribution in [2.75, 3.05) is 0 Å². The van der Waals surface area contributed by atoms with Gasteiger partial charge in [0.1, 0.15) is 5.60 Å². The number of Topliss-reactive ketones (excluding diaryl/α,β-unsaturated/α-hetero) is 1. The number of carbonyl (C=O) groups is 1. The molecule has 1 aliphatic carbocycles. The van der Waals surface area contributed by atoms with Crippen LogP contribution in [0.4, 0.5) is 0 Å². The number of hydrogen-bond donors (Lipinski definition) is 1. The van der Waals surface area contributed by atoms with Crippen LogP contribution in [0.25, 0.3) is 0 Å². The summed E-state index contributed by atoms with van der Waals surface area (Å²) in [5, 5.41) is 10.0. The second-order valence-corrected chi connectivity index (χ2v) is 4.91. The maximum absolute atomic E-state index is 11.8. The fourth-order valence-corrected chi connectivity index (χ4v) is 1.68. The highest BCUT2D eigenvalue weighted by atomic mass is 35.5. The molecule has 1 N–H and O–H groups in total. The van der Waals surface area contributed by atoms with Crippen molar-refractivity contribution in [2.45, 2.75) is 26.4 Å². The van der Waals surface area contributed by atoms with E-state index in [1.165, 1.54) is 0 Å². The molecular formula is C13H15ClO2. The third kappa shape index (κ3) is 3.84. The van der Waals surface area contributed by atoms with Crippen molar-refractivity contribution >= 4 is 17.4 Å². The third-order valence-electron chi connectivity index (χ3n) is 2.25. The van der Waals surface area contributed by atoms with Crippen LogP contribution in [0.3, 0.4) is 0 Å². The fourth-order valence-electron chi connectivity index (χ4n) is 1.41. The highest BCUT2D eigenvalue weighted by Crippen LogP contribution is 2.24. The summed E-state index contributed by atoms with van der Waals surface area (Å²) in [6.07, 6.45) is 5.29. The molecule has 2 atom stereocenters. The molecule has 2 nitrogen and oxygen atoms in total. The molecule has 0 aliphatic heterocycles. The van der Waals surface area contributed by atoms with Gasteiger partial charge in [0, 0.05) is 5.03 Å². The van der Waals surface area contributed by atoms with Crippen molar-refractivity contribution < 1.29 is 9.90 Å². The normalized spacial score (nSPS) is 24.4. The Morgan fingerprint density at radius 2 is 2.19 bits per heavy atom. The van der Waals surface area contributed by atoms with Gasteiger partial charge >= 0.3 is 0 Å². The van der Waals surface area contributed by atoms with Crippen LogP contribution in [0, 0.1) is 23.7 Å². The van der Waals surface area contributed by atoms with Gasteiger partial charge in [-0.05, 0) is 31.8 Å². The molecule has 0 radical (unpaired) electrons. The summed E-state index contributed by atoms with van der Waals surface area (Å²) < 4.78 is 0. The SMILES string of the molecule is CC1C=C(Cl)C=CC1C(=O)C#CC(C)(C)O. The highest BCUT2D eigenvalue weighted by molar-refractivity contribution is 6.31. The Morgan fingerprint density at radius 3 is 2.69 bits per heavy atom. The average Bonchev–Trinajstić information content (AvgIpc) is 2.13. The Labute approximate surface area is 101 Å². The topological polar surface area (TPSA) is 37.3 Å². The van der Waals surface area contributed by atoms with Crippen LogP contribution in [0.5, 0.6) is 0 Å². The molecule has 0 aromatic heterocycles. The van der Waals surface area contributed by atoms with Gasteiger partial charge in [0.25, 0.3) is 0 Å². The lowest BCUT2D eigenvalue weighted by Gasteiger charge is -2.17. The van der Waals surface area contributed by atoms with Crippen LogP contribution >= 0.6 is 11.6 Å². The molecule has 0 fully saturated rings. The zero-order chi connectivity index (χ0) is 12.3. The molecule has 2 unspecified atom stereocenters. The molecule has 0 heterocycles. The summed E-state index contributed by atoms with van der Waals surface area (Å²) in [5.74, 6) is 4.58.